The molecule has 2 aliphatic heterocycles. The second-order valence-electron chi connectivity index (χ2n) is 12.2. The van der Waals surface area contributed by atoms with Gasteiger partial charge in [-0.05, 0) is 67.7 Å². The molecule has 2 aromatic carbocycles. The molecule has 298 valence electrons. The van der Waals surface area contributed by atoms with E-state index in [1.807, 2.05) is 7.05 Å². The number of pyridine rings is 1. The topological polar surface area (TPSA) is 237 Å². The largest absolute Gasteiger partial charge is 0.497 e. The summed E-state index contributed by atoms with van der Waals surface area (Å²) in [5.74, 6) is -10.6. The first kappa shape index (κ1) is 41.3. The Morgan fingerprint density at radius 1 is 0.719 bits per heavy atom. The SMILES string of the molecule is CN1CCN(C(=O)O[C@H]2c3nccnc3C(=O)N2c2ccc(Cl)cn2)CC1.COc1ccc(OC(=O)[C@@H](C(=O)O)[C@H](C(=O)O)C(=O)Oc2ccc(OC)cc2)cc1. The van der Waals surface area contributed by atoms with Crippen molar-refractivity contribution in [3.05, 3.63) is 95.7 Å². The number of carbonyl (C=O) groups excluding carboxylic acids is 4. The lowest BCUT2D eigenvalue weighted by Gasteiger charge is -2.33. The number of anilines is 1. The summed E-state index contributed by atoms with van der Waals surface area (Å²) in [6, 6.07) is 14.3. The lowest BCUT2D eigenvalue weighted by molar-refractivity contribution is -0.169. The van der Waals surface area contributed by atoms with Crippen LogP contribution in [-0.2, 0) is 23.9 Å². The number of likely N-dealkylation sites (N-methyl/N-ethyl adjacent to an activating group) is 1. The molecule has 4 aromatic rings. The molecular formula is C37H35ClN6O13. The first-order valence-corrected chi connectivity index (χ1v) is 17.3. The molecule has 0 saturated carbocycles. The Hall–Kier alpha value is -6.86. The fourth-order valence-corrected chi connectivity index (χ4v) is 5.56. The van der Waals surface area contributed by atoms with Crippen LogP contribution in [0.25, 0.3) is 0 Å². The van der Waals surface area contributed by atoms with Gasteiger partial charge in [0, 0.05) is 44.8 Å². The fourth-order valence-electron chi connectivity index (χ4n) is 5.45. The van der Waals surface area contributed by atoms with Gasteiger partial charge in [0.15, 0.2) is 17.5 Å². The number of carbonyl (C=O) groups is 6. The number of esters is 2. The maximum absolute atomic E-state index is 12.8. The number of benzene rings is 2. The molecule has 6 rings (SSSR count). The number of hydrogen-bond acceptors (Lipinski definition) is 15. The number of methoxy groups -OCH3 is 2. The van der Waals surface area contributed by atoms with Crippen LogP contribution in [0.1, 0.15) is 22.4 Å². The first-order chi connectivity index (χ1) is 27.3. The van der Waals surface area contributed by atoms with Gasteiger partial charge in [-0.15, -0.1) is 0 Å². The van der Waals surface area contributed by atoms with E-state index in [9.17, 15) is 39.0 Å². The molecule has 20 heteroatoms. The van der Waals surface area contributed by atoms with Crippen molar-refractivity contribution in [2.75, 3.05) is 52.3 Å². The van der Waals surface area contributed by atoms with Gasteiger partial charge >= 0.3 is 30.0 Å². The quantitative estimate of drug-likeness (QED) is 0.126. The summed E-state index contributed by atoms with van der Waals surface area (Å²) in [6.07, 6.45) is 2.78. The monoisotopic (exact) mass is 806 g/mol. The molecule has 2 aromatic heterocycles. The molecule has 0 radical (unpaired) electrons. The van der Waals surface area contributed by atoms with E-state index in [2.05, 4.69) is 19.9 Å². The summed E-state index contributed by atoms with van der Waals surface area (Å²) in [6.45, 7) is 2.64. The van der Waals surface area contributed by atoms with Crippen LogP contribution in [0.2, 0.25) is 5.02 Å². The molecule has 0 bridgehead atoms. The fraction of sp³-hybridized carbons (Fsp3) is 0.270. The van der Waals surface area contributed by atoms with Gasteiger partial charge in [0.05, 0.1) is 19.2 Å². The Kier molecular flexibility index (Phi) is 13.5. The van der Waals surface area contributed by atoms with E-state index in [1.165, 1.54) is 86.2 Å². The minimum absolute atomic E-state index is 0.0558. The average molecular weight is 807 g/mol. The highest BCUT2D eigenvalue weighted by Crippen LogP contribution is 2.36. The molecule has 0 aliphatic carbocycles. The summed E-state index contributed by atoms with van der Waals surface area (Å²) in [5, 5.41) is 19.2. The zero-order valence-corrected chi connectivity index (χ0v) is 31.3. The van der Waals surface area contributed by atoms with Gasteiger partial charge in [0.2, 0.25) is 6.23 Å². The number of nitrogens with zero attached hydrogens (tertiary/aromatic N) is 6. The van der Waals surface area contributed by atoms with E-state index in [1.54, 1.807) is 17.0 Å². The normalized spacial score (nSPS) is 15.9. The van der Waals surface area contributed by atoms with E-state index >= 15 is 0 Å². The van der Waals surface area contributed by atoms with Crippen molar-refractivity contribution >= 4 is 53.3 Å². The number of amides is 2. The minimum atomic E-state index is -2.34. The molecule has 2 aliphatic rings. The average Bonchev–Trinajstić information content (AvgIpc) is 3.48. The Balaban J connectivity index is 0.000000218. The van der Waals surface area contributed by atoms with Crippen molar-refractivity contribution in [1.82, 2.24) is 24.8 Å². The highest BCUT2D eigenvalue weighted by atomic mass is 35.5. The maximum atomic E-state index is 12.8. The van der Waals surface area contributed by atoms with Gasteiger partial charge in [-0.25, -0.2) is 19.7 Å². The molecule has 57 heavy (non-hydrogen) atoms. The van der Waals surface area contributed by atoms with E-state index in [0.717, 1.165) is 13.1 Å². The van der Waals surface area contributed by atoms with Crippen LogP contribution >= 0.6 is 11.6 Å². The predicted molar refractivity (Wildman–Crippen MR) is 196 cm³/mol. The van der Waals surface area contributed by atoms with Crippen LogP contribution in [0.5, 0.6) is 23.0 Å². The van der Waals surface area contributed by atoms with Crippen LogP contribution in [-0.4, -0.2) is 118 Å². The molecule has 1 fully saturated rings. The summed E-state index contributed by atoms with van der Waals surface area (Å²) in [5.41, 5.74) is 0.437. The first-order valence-electron chi connectivity index (χ1n) is 16.9. The third-order valence-corrected chi connectivity index (χ3v) is 8.70. The van der Waals surface area contributed by atoms with E-state index in [-0.39, 0.29) is 17.2 Å². The number of halogens is 1. The smallest absolute Gasteiger partial charge is 0.412 e. The Morgan fingerprint density at radius 3 is 1.67 bits per heavy atom. The highest BCUT2D eigenvalue weighted by Gasteiger charge is 2.47. The third kappa shape index (κ3) is 10.1. The van der Waals surface area contributed by atoms with Gasteiger partial charge in [-0.1, -0.05) is 11.6 Å². The molecule has 19 nitrogen and oxygen atoms in total. The molecule has 0 unspecified atom stereocenters. The molecule has 0 spiro atoms. The van der Waals surface area contributed by atoms with Crippen LogP contribution in [0.4, 0.5) is 10.6 Å². The second-order valence-corrected chi connectivity index (χ2v) is 12.6. The number of carboxylic acid groups (broad SMARTS) is 2. The zero-order chi connectivity index (χ0) is 41.2. The minimum Gasteiger partial charge on any atom is -0.497 e. The molecule has 2 amide bonds. The van der Waals surface area contributed by atoms with Crippen molar-refractivity contribution in [3.8, 4) is 23.0 Å². The van der Waals surface area contributed by atoms with Crippen LogP contribution in [0.15, 0.2) is 79.3 Å². The standard InChI is InChI=1S/C20H18O10.C17H17ClN6O3/c1-27-11-3-7-13(8-4-11)29-19(25)15(17(21)22)16(18(23)24)20(26)30-14-9-5-12(28-2)6-10-14;1-22-6-8-23(9-7-22)17(26)27-16-14-13(19-4-5-20-14)15(25)24(16)12-3-2-11(18)10-21-12/h3-10,15-16H,1-2H3,(H,21,22)(H,23,24);2-5,10,16H,6-9H2,1H3/t15-,16-;16-/m10/s1. The maximum Gasteiger partial charge on any atom is 0.412 e. The van der Waals surface area contributed by atoms with Crippen LogP contribution in [0, 0.1) is 11.8 Å². The Labute approximate surface area is 329 Å². The lowest BCUT2D eigenvalue weighted by atomic mass is 9.92. The van der Waals surface area contributed by atoms with Crippen molar-refractivity contribution in [2.24, 2.45) is 11.8 Å². The van der Waals surface area contributed by atoms with Crippen molar-refractivity contribution in [2.45, 2.75) is 6.23 Å². The van der Waals surface area contributed by atoms with Gasteiger partial charge in [-0.2, -0.15) is 0 Å². The second kappa shape index (κ2) is 18.7. The van der Waals surface area contributed by atoms with Crippen LogP contribution < -0.4 is 23.8 Å². The summed E-state index contributed by atoms with van der Waals surface area (Å²) >= 11 is 5.89. The zero-order valence-electron chi connectivity index (χ0n) is 30.5. The number of hydrogen-bond donors (Lipinski definition) is 2. The summed E-state index contributed by atoms with van der Waals surface area (Å²) in [4.78, 5) is 91.0. The van der Waals surface area contributed by atoms with Crippen LogP contribution in [0.3, 0.4) is 0 Å². The van der Waals surface area contributed by atoms with E-state index < -0.39 is 53.9 Å². The van der Waals surface area contributed by atoms with Gasteiger partial charge in [0.25, 0.3) is 5.91 Å². The number of piperazine rings is 1. The van der Waals surface area contributed by atoms with Crippen molar-refractivity contribution in [3.63, 3.8) is 0 Å². The predicted octanol–water partition coefficient (Wildman–Crippen LogP) is 3.18. The molecule has 3 atom stereocenters. The molecular weight excluding hydrogens is 772 g/mol. The number of rotatable bonds is 11. The lowest BCUT2D eigenvalue weighted by Crippen LogP contribution is -2.48. The number of carboxylic acids is 2. The highest BCUT2D eigenvalue weighted by molar-refractivity contribution is 6.30. The summed E-state index contributed by atoms with van der Waals surface area (Å²) < 4.78 is 25.5. The molecule has 1 saturated heterocycles. The number of aromatic nitrogens is 3. The van der Waals surface area contributed by atoms with Crippen molar-refractivity contribution < 1.29 is 62.7 Å². The summed E-state index contributed by atoms with van der Waals surface area (Å²) in [7, 11) is 4.85. The van der Waals surface area contributed by atoms with Gasteiger partial charge in [-0.3, -0.25) is 29.0 Å². The Morgan fingerprint density at radius 2 is 1.21 bits per heavy atom. The van der Waals surface area contributed by atoms with Crippen molar-refractivity contribution in [1.29, 1.82) is 0 Å². The van der Waals surface area contributed by atoms with E-state index in [0.29, 0.717) is 41.1 Å². The number of fused-ring (bicyclic) bond motifs is 1. The van der Waals surface area contributed by atoms with Gasteiger partial charge in [0.1, 0.15) is 34.5 Å². The number of ether oxygens (including phenoxy) is 5. The third-order valence-electron chi connectivity index (χ3n) is 8.48. The van der Waals surface area contributed by atoms with E-state index in [4.69, 9.17) is 35.3 Å². The molecule has 2 N–H and O–H groups in total. The van der Waals surface area contributed by atoms with Gasteiger partial charge < -0.3 is 43.7 Å². The number of aliphatic carboxylic acids is 2. The Bertz CT molecular complexity index is 2020. The molecule has 4 heterocycles.